The molecule has 5 heteroatoms. The summed E-state index contributed by atoms with van der Waals surface area (Å²) in [6, 6.07) is 13.1. The van der Waals surface area contributed by atoms with Crippen LogP contribution in [0.1, 0.15) is 40.1 Å². The lowest BCUT2D eigenvalue weighted by atomic mass is 10.0. The summed E-state index contributed by atoms with van der Waals surface area (Å²) < 4.78 is 10.7. The standard InChI is InChI=1S/C22H24N2O3/c1-13-6-9-20-18(10-13)19(11-14(2)23-20)22(25)24-15(3)17-8-7-16(26-4)12-21(17)27-5/h6-12,15H,1-5H3,(H,24,25). The zero-order valence-corrected chi connectivity index (χ0v) is 16.3. The summed E-state index contributed by atoms with van der Waals surface area (Å²) in [6.45, 7) is 5.83. The van der Waals surface area contributed by atoms with Gasteiger partial charge >= 0.3 is 0 Å². The zero-order valence-electron chi connectivity index (χ0n) is 16.3. The molecule has 5 nitrogen and oxygen atoms in total. The molecule has 0 saturated carbocycles. The van der Waals surface area contributed by atoms with Crippen LogP contribution in [0.3, 0.4) is 0 Å². The lowest BCUT2D eigenvalue weighted by molar-refractivity contribution is 0.0941. The number of hydrogen-bond acceptors (Lipinski definition) is 4. The number of fused-ring (bicyclic) bond motifs is 1. The van der Waals surface area contributed by atoms with Gasteiger partial charge < -0.3 is 14.8 Å². The van der Waals surface area contributed by atoms with Crippen LogP contribution in [0.25, 0.3) is 10.9 Å². The third-order valence-corrected chi connectivity index (χ3v) is 4.59. The molecule has 1 unspecified atom stereocenters. The summed E-state index contributed by atoms with van der Waals surface area (Å²) in [7, 11) is 3.22. The second-order valence-corrected chi connectivity index (χ2v) is 6.63. The van der Waals surface area contributed by atoms with E-state index in [1.165, 1.54) is 0 Å². The molecule has 0 aliphatic heterocycles. The van der Waals surface area contributed by atoms with Crippen LogP contribution >= 0.6 is 0 Å². The molecule has 0 bridgehead atoms. The summed E-state index contributed by atoms with van der Waals surface area (Å²) in [5.74, 6) is 1.25. The number of ether oxygens (including phenoxy) is 2. The van der Waals surface area contributed by atoms with Gasteiger partial charge in [-0.05, 0) is 51.1 Å². The van der Waals surface area contributed by atoms with Gasteiger partial charge in [0.1, 0.15) is 11.5 Å². The summed E-state index contributed by atoms with van der Waals surface area (Å²) in [5, 5.41) is 3.93. The van der Waals surface area contributed by atoms with Gasteiger partial charge in [0.05, 0.1) is 31.3 Å². The average Bonchev–Trinajstić information content (AvgIpc) is 2.66. The highest BCUT2D eigenvalue weighted by Crippen LogP contribution is 2.30. The molecular formula is C22H24N2O3. The lowest BCUT2D eigenvalue weighted by Gasteiger charge is -2.19. The van der Waals surface area contributed by atoms with Crippen molar-refractivity contribution in [2.75, 3.05) is 14.2 Å². The summed E-state index contributed by atoms with van der Waals surface area (Å²) in [6.07, 6.45) is 0. The van der Waals surface area contributed by atoms with Crippen molar-refractivity contribution in [1.82, 2.24) is 10.3 Å². The number of aryl methyl sites for hydroxylation is 2. The van der Waals surface area contributed by atoms with Crippen LogP contribution in [0.2, 0.25) is 0 Å². The number of methoxy groups -OCH3 is 2. The molecule has 27 heavy (non-hydrogen) atoms. The summed E-state index contributed by atoms with van der Waals surface area (Å²) >= 11 is 0. The van der Waals surface area contributed by atoms with Crippen molar-refractivity contribution in [3.8, 4) is 11.5 Å². The Kier molecular flexibility index (Phi) is 5.31. The smallest absolute Gasteiger partial charge is 0.252 e. The van der Waals surface area contributed by atoms with Gasteiger partial charge in [-0.25, -0.2) is 0 Å². The first kappa shape index (κ1) is 18.7. The minimum absolute atomic E-state index is 0.138. The van der Waals surface area contributed by atoms with E-state index in [-0.39, 0.29) is 11.9 Å². The van der Waals surface area contributed by atoms with Crippen molar-refractivity contribution in [2.24, 2.45) is 0 Å². The minimum atomic E-state index is -0.230. The topological polar surface area (TPSA) is 60.5 Å². The number of amides is 1. The number of pyridine rings is 1. The molecular weight excluding hydrogens is 340 g/mol. The predicted molar refractivity (Wildman–Crippen MR) is 107 cm³/mol. The second-order valence-electron chi connectivity index (χ2n) is 6.63. The van der Waals surface area contributed by atoms with Gasteiger partial charge in [-0.1, -0.05) is 11.6 Å². The SMILES string of the molecule is COc1ccc(C(C)NC(=O)c2cc(C)nc3ccc(C)cc23)c(OC)c1. The number of carbonyl (C=O) groups is 1. The largest absolute Gasteiger partial charge is 0.497 e. The summed E-state index contributed by atoms with van der Waals surface area (Å²) in [5.41, 5.74) is 4.23. The molecule has 3 rings (SSSR count). The predicted octanol–water partition coefficient (Wildman–Crippen LogP) is 4.36. The number of hydrogen-bond donors (Lipinski definition) is 1. The van der Waals surface area contributed by atoms with Gasteiger partial charge in [-0.15, -0.1) is 0 Å². The number of carbonyl (C=O) groups excluding carboxylic acids is 1. The van der Waals surface area contributed by atoms with E-state index in [1.807, 2.05) is 63.2 Å². The molecule has 0 saturated heterocycles. The van der Waals surface area contributed by atoms with E-state index in [0.717, 1.165) is 27.7 Å². The van der Waals surface area contributed by atoms with E-state index >= 15 is 0 Å². The molecule has 1 aromatic heterocycles. The van der Waals surface area contributed by atoms with Crippen LogP contribution in [-0.2, 0) is 0 Å². The van der Waals surface area contributed by atoms with Crippen LogP contribution in [0.15, 0.2) is 42.5 Å². The van der Waals surface area contributed by atoms with Crippen LogP contribution in [-0.4, -0.2) is 25.1 Å². The van der Waals surface area contributed by atoms with Crippen LogP contribution < -0.4 is 14.8 Å². The summed E-state index contributed by atoms with van der Waals surface area (Å²) in [4.78, 5) is 17.6. The number of aromatic nitrogens is 1. The number of nitrogens with one attached hydrogen (secondary N) is 1. The Morgan fingerprint density at radius 2 is 1.81 bits per heavy atom. The van der Waals surface area contributed by atoms with Crippen molar-refractivity contribution in [3.05, 3.63) is 64.8 Å². The van der Waals surface area contributed by atoms with Crippen LogP contribution in [0, 0.1) is 13.8 Å². The molecule has 0 radical (unpaired) electrons. The molecule has 1 N–H and O–H groups in total. The third kappa shape index (κ3) is 3.87. The molecule has 0 aliphatic carbocycles. The lowest BCUT2D eigenvalue weighted by Crippen LogP contribution is -2.27. The first-order chi connectivity index (χ1) is 12.9. The Labute approximate surface area is 159 Å². The molecule has 1 amide bonds. The Hall–Kier alpha value is -3.08. The van der Waals surface area contributed by atoms with Gasteiger partial charge in [0, 0.05) is 22.7 Å². The van der Waals surface area contributed by atoms with Crippen molar-refractivity contribution in [3.63, 3.8) is 0 Å². The van der Waals surface area contributed by atoms with Gasteiger partial charge in [0.15, 0.2) is 0 Å². The van der Waals surface area contributed by atoms with Crippen molar-refractivity contribution >= 4 is 16.8 Å². The van der Waals surface area contributed by atoms with E-state index in [0.29, 0.717) is 17.1 Å². The molecule has 3 aromatic rings. The number of nitrogens with zero attached hydrogens (tertiary/aromatic N) is 1. The highest BCUT2D eigenvalue weighted by Gasteiger charge is 2.18. The van der Waals surface area contributed by atoms with E-state index < -0.39 is 0 Å². The number of rotatable bonds is 5. The van der Waals surface area contributed by atoms with E-state index in [2.05, 4.69) is 10.3 Å². The van der Waals surface area contributed by atoms with Gasteiger partial charge in [0.25, 0.3) is 5.91 Å². The molecule has 0 aliphatic rings. The molecule has 0 spiro atoms. The fourth-order valence-corrected chi connectivity index (χ4v) is 3.19. The Morgan fingerprint density at radius 1 is 1.04 bits per heavy atom. The fourth-order valence-electron chi connectivity index (χ4n) is 3.19. The second kappa shape index (κ2) is 7.66. The first-order valence-electron chi connectivity index (χ1n) is 8.83. The maximum Gasteiger partial charge on any atom is 0.252 e. The third-order valence-electron chi connectivity index (χ3n) is 4.59. The van der Waals surface area contributed by atoms with E-state index in [4.69, 9.17) is 9.47 Å². The molecule has 1 heterocycles. The Bertz CT molecular complexity index is 998. The number of benzene rings is 2. The monoisotopic (exact) mass is 364 g/mol. The normalized spacial score (nSPS) is 11.9. The fraction of sp³-hybridized carbons (Fsp3) is 0.273. The van der Waals surface area contributed by atoms with E-state index in [9.17, 15) is 4.79 Å². The molecule has 0 fully saturated rings. The maximum absolute atomic E-state index is 13.0. The van der Waals surface area contributed by atoms with Gasteiger partial charge in [-0.3, -0.25) is 9.78 Å². The Morgan fingerprint density at radius 3 is 2.52 bits per heavy atom. The first-order valence-corrected chi connectivity index (χ1v) is 8.83. The van der Waals surface area contributed by atoms with Gasteiger partial charge in [-0.2, -0.15) is 0 Å². The molecule has 140 valence electrons. The highest BCUT2D eigenvalue weighted by atomic mass is 16.5. The Balaban J connectivity index is 1.94. The van der Waals surface area contributed by atoms with E-state index in [1.54, 1.807) is 14.2 Å². The highest BCUT2D eigenvalue weighted by molar-refractivity contribution is 6.06. The maximum atomic E-state index is 13.0. The quantitative estimate of drug-likeness (QED) is 0.731. The minimum Gasteiger partial charge on any atom is -0.497 e. The molecule has 2 aromatic carbocycles. The van der Waals surface area contributed by atoms with Crippen molar-refractivity contribution in [1.29, 1.82) is 0 Å². The van der Waals surface area contributed by atoms with Gasteiger partial charge in [0.2, 0.25) is 0 Å². The van der Waals surface area contributed by atoms with Crippen LogP contribution in [0.5, 0.6) is 11.5 Å². The average molecular weight is 364 g/mol. The van der Waals surface area contributed by atoms with Crippen molar-refractivity contribution < 1.29 is 14.3 Å². The zero-order chi connectivity index (χ0) is 19.6. The van der Waals surface area contributed by atoms with Crippen molar-refractivity contribution in [2.45, 2.75) is 26.8 Å². The van der Waals surface area contributed by atoms with Crippen LogP contribution in [0.4, 0.5) is 0 Å². The molecule has 1 atom stereocenters.